The lowest BCUT2D eigenvalue weighted by molar-refractivity contribution is 0.415. The summed E-state index contributed by atoms with van der Waals surface area (Å²) >= 11 is 0. The fourth-order valence-corrected chi connectivity index (χ4v) is 9.51. The molecule has 0 aliphatic rings. The molecule has 0 atom stereocenters. The maximum atomic E-state index is 13.2. The maximum Gasteiger partial charge on any atom is 0.296 e. The van der Waals surface area contributed by atoms with E-state index >= 15 is 0 Å². The zero-order valence-corrected chi connectivity index (χ0v) is 41.2. The first kappa shape index (κ1) is 49.5. The molecule has 8 rings (SSSR count). The van der Waals surface area contributed by atoms with Crippen LogP contribution in [0.2, 0.25) is 0 Å². The second-order valence-electron chi connectivity index (χ2n) is 17.9. The van der Waals surface area contributed by atoms with Crippen molar-refractivity contribution < 1.29 is 34.4 Å². The Hall–Kier alpha value is -7.87. The summed E-state index contributed by atoms with van der Waals surface area (Å²) in [5.41, 5.74) is 0.616. The van der Waals surface area contributed by atoms with Crippen LogP contribution in [0, 0.1) is 17.9 Å². The Morgan fingerprint density at radius 1 is 0.704 bits per heavy atom. The molecule has 71 heavy (non-hydrogen) atoms. The van der Waals surface area contributed by atoms with Crippen LogP contribution >= 0.6 is 0 Å². The van der Waals surface area contributed by atoms with E-state index in [0.29, 0.717) is 11.4 Å². The summed E-state index contributed by atoms with van der Waals surface area (Å²) < 4.78 is 101. The van der Waals surface area contributed by atoms with E-state index in [1.807, 2.05) is 47.6 Å². The molecule has 27 nitrogen and oxygen atoms in total. The summed E-state index contributed by atoms with van der Waals surface area (Å²) in [6.45, 7) is 19.0. The van der Waals surface area contributed by atoms with E-state index in [9.17, 15) is 39.6 Å². The van der Waals surface area contributed by atoms with Crippen molar-refractivity contribution in [1.29, 1.82) is 5.26 Å². The highest BCUT2D eigenvalue weighted by molar-refractivity contribution is 7.88. The van der Waals surface area contributed by atoms with Crippen LogP contribution in [0.5, 0.6) is 0 Å². The number of benzene rings is 2. The van der Waals surface area contributed by atoms with E-state index in [0.717, 1.165) is 15.6 Å². The lowest BCUT2D eigenvalue weighted by Crippen LogP contribution is -2.34. The number of aromatic nitrogens is 12. The van der Waals surface area contributed by atoms with E-state index in [2.05, 4.69) is 65.9 Å². The van der Waals surface area contributed by atoms with E-state index < -0.39 is 50.9 Å². The SMILES string of the molecule is [C-]#[N+]c1cnn(-c2ccccc2S(=O)(=O)O)c1N=Nc1c(C(C)(C)C)[nH]n2nc(CCN(CCc3nc4c(N=Nc5c(C#N)cnn5-c5ccccc5S(=O)(=O)O)c(C(C)(C)C)[nH]n4n3)S(C)(=O)=O)nc12. The minimum absolute atomic E-state index is 0.0463. The molecule has 6 aromatic heterocycles. The second-order valence-corrected chi connectivity index (χ2v) is 22.7. The number of aromatic amines is 2. The van der Waals surface area contributed by atoms with Gasteiger partial charge in [0.1, 0.15) is 21.4 Å². The van der Waals surface area contributed by atoms with Gasteiger partial charge >= 0.3 is 0 Å². The molecule has 0 bridgehead atoms. The van der Waals surface area contributed by atoms with Gasteiger partial charge < -0.3 is 0 Å². The molecule has 0 radical (unpaired) electrons. The fourth-order valence-electron chi connectivity index (χ4n) is 7.32. The van der Waals surface area contributed by atoms with Crippen molar-refractivity contribution in [3.63, 3.8) is 0 Å². The third-order valence-corrected chi connectivity index (χ3v) is 13.8. The average Bonchev–Trinajstić information content (AvgIpc) is 4.14. The molecule has 0 saturated heterocycles. The average molecular weight is 1030 g/mol. The Kier molecular flexibility index (Phi) is 12.7. The van der Waals surface area contributed by atoms with Gasteiger partial charge in [0.05, 0.1) is 48.0 Å². The summed E-state index contributed by atoms with van der Waals surface area (Å²) in [4.78, 5) is 11.9. The van der Waals surface area contributed by atoms with Crippen molar-refractivity contribution in [1.82, 2.24) is 63.5 Å². The zero-order valence-electron chi connectivity index (χ0n) is 38.8. The van der Waals surface area contributed by atoms with Gasteiger partial charge in [0.25, 0.3) is 25.9 Å². The van der Waals surface area contributed by atoms with Crippen LogP contribution in [0.1, 0.15) is 70.1 Å². The predicted octanol–water partition coefficient (Wildman–Crippen LogP) is 6.19. The molecule has 0 unspecified atom stereocenters. The monoisotopic (exact) mass is 1030 g/mol. The molecular formula is C41H43N19O8S3. The first-order chi connectivity index (χ1) is 33.3. The molecule has 8 aromatic rings. The zero-order chi connectivity index (χ0) is 51.4. The Balaban J connectivity index is 1.05. The van der Waals surface area contributed by atoms with Gasteiger partial charge in [0.15, 0.2) is 34.7 Å². The summed E-state index contributed by atoms with van der Waals surface area (Å²) in [5, 5.41) is 51.2. The molecule has 368 valence electrons. The van der Waals surface area contributed by atoms with E-state index in [1.165, 1.54) is 74.5 Å². The fraction of sp³-hybridized carbons (Fsp3) is 0.317. The topological polar surface area (TPSA) is 351 Å². The van der Waals surface area contributed by atoms with E-state index in [4.69, 9.17) is 6.57 Å². The molecule has 0 spiro atoms. The number of hydrogen-bond acceptors (Lipinski definition) is 17. The number of azo groups is 2. The van der Waals surface area contributed by atoms with Crippen LogP contribution in [0.15, 0.2) is 91.2 Å². The number of rotatable bonds is 15. The molecule has 30 heteroatoms. The number of nitrogens with zero attached hydrogens (tertiary/aromatic N) is 17. The Labute approximate surface area is 404 Å². The van der Waals surface area contributed by atoms with Crippen LogP contribution in [-0.4, -0.2) is 117 Å². The lowest BCUT2D eigenvalue weighted by Gasteiger charge is -2.18. The van der Waals surface area contributed by atoms with Gasteiger partial charge in [-0.3, -0.25) is 19.3 Å². The van der Waals surface area contributed by atoms with Crippen molar-refractivity contribution in [2.45, 2.75) is 75.0 Å². The largest absolute Gasteiger partial charge is 0.296 e. The third kappa shape index (κ3) is 9.97. The highest BCUT2D eigenvalue weighted by Crippen LogP contribution is 2.39. The minimum Gasteiger partial charge on any atom is -0.282 e. The Morgan fingerprint density at radius 2 is 1.14 bits per heavy atom. The first-order valence-corrected chi connectivity index (χ1v) is 25.8. The predicted molar refractivity (Wildman–Crippen MR) is 252 cm³/mol. The third-order valence-electron chi connectivity index (χ3n) is 10.7. The highest BCUT2D eigenvalue weighted by Gasteiger charge is 2.30. The number of nitrogens with one attached hydrogen (secondary N) is 2. The van der Waals surface area contributed by atoms with Gasteiger partial charge in [0.2, 0.25) is 21.3 Å². The molecular weight excluding hydrogens is 983 g/mol. The Bertz CT molecular complexity index is 3650. The minimum atomic E-state index is -4.70. The van der Waals surface area contributed by atoms with Gasteiger partial charge in [0, 0.05) is 36.8 Å². The maximum absolute atomic E-state index is 13.2. The smallest absolute Gasteiger partial charge is 0.282 e. The number of sulfonamides is 1. The van der Waals surface area contributed by atoms with Crippen molar-refractivity contribution in [2.75, 3.05) is 19.3 Å². The molecule has 6 heterocycles. The van der Waals surface area contributed by atoms with Gasteiger partial charge in [-0.1, -0.05) is 65.8 Å². The highest BCUT2D eigenvalue weighted by atomic mass is 32.2. The lowest BCUT2D eigenvalue weighted by atomic mass is 9.91. The standard InChI is InChI=1S/C41H43N19O8S3/c1-40(2,3)34-32(48-50-36-24(21-42)22-44-57(36)26-13-9-11-15-28(26)70(63,64)65)38-46-30(52-59(38)54-34)17-19-56(69(8,61)62)20-18-31-47-39-33(35(41(4,5)6)55-60(39)53-31)49-51-37-25(43-7)23-45-58(37)27-14-10-12-16-29(27)71(66,67)68/h9-16,22-23,54-55H,17-20H2,1-6,8H3,(H,63,64,65)(H,66,67,68). The molecule has 0 saturated carbocycles. The molecule has 4 N–H and O–H groups in total. The quantitative estimate of drug-likeness (QED) is 0.0505. The van der Waals surface area contributed by atoms with Gasteiger partial charge in [-0.25, -0.2) is 36.9 Å². The molecule has 0 amide bonds. The number of para-hydroxylation sites is 2. The van der Waals surface area contributed by atoms with Crippen LogP contribution in [0.3, 0.4) is 0 Å². The van der Waals surface area contributed by atoms with Gasteiger partial charge in [-0.05, 0) is 24.3 Å². The van der Waals surface area contributed by atoms with Crippen LogP contribution in [0.25, 0.3) is 27.5 Å². The van der Waals surface area contributed by atoms with Crippen LogP contribution in [0.4, 0.5) is 28.7 Å². The van der Waals surface area contributed by atoms with Crippen LogP contribution < -0.4 is 0 Å². The molecule has 2 aromatic carbocycles. The van der Waals surface area contributed by atoms with Crippen molar-refractivity contribution in [3.05, 3.63) is 101 Å². The number of hydrogen-bond donors (Lipinski definition) is 4. The number of nitriles is 1. The molecule has 0 fully saturated rings. The summed E-state index contributed by atoms with van der Waals surface area (Å²) in [6.07, 6.45) is 3.54. The van der Waals surface area contributed by atoms with E-state index in [1.54, 1.807) is 0 Å². The normalized spacial score (nSPS) is 13.1. The molecule has 0 aliphatic heterocycles. The molecule has 0 aliphatic carbocycles. The second kappa shape index (κ2) is 18.1. The van der Waals surface area contributed by atoms with E-state index in [-0.39, 0.29) is 94.5 Å². The summed E-state index contributed by atoms with van der Waals surface area (Å²) in [6, 6.07) is 13.0. The summed E-state index contributed by atoms with van der Waals surface area (Å²) in [5.74, 6) is 0.233. The number of H-pyrrole nitrogens is 2. The summed E-state index contributed by atoms with van der Waals surface area (Å²) in [7, 11) is -13.2. The van der Waals surface area contributed by atoms with Gasteiger partial charge in [-0.2, -0.15) is 41.6 Å². The van der Waals surface area contributed by atoms with Crippen molar-refractivity contribution >= 4 is 70.3 Å². The van der Waals surface area contributed by atoms with Crippen molar-refractivity contribution in [2.24, 2.45) is 20.5 Å². The van der Waals surface area contributed by atoms with Crippen molar-refractivity contribution in [3.8, 4) is 17.4 Å². The van der Waals surface area contributed by atoms with Gasteiger partial charge in [-0.15, -0.1) is 30.7 Å². The Morgan fingerprint density at radius 3 is 1.56 bits per heavy atom. The first-order valence-electron chi connectivity index (χ1n) is 21.1. The van der Waals surface area contributed by atoms with Crippen LogP contribution in [-0.2, 0) is 53.9 Å². The number of fused-ring (bicyclic) bond motifs is 2.